The number of aromatic nitrogens is 2. The minimum absolute atomic E-state index is 0.192. The highest BCUT2D eigenvalue weighted by Crippen LogP contribution is 2.13. The van der Waals surface area contributed by atoms with E-state index < -0.39 is 11.9 Å². The lowest BCUT2D eigenvalue weighted by molar-refractivity contribution is 0.177. The number of nitrogens with zero attached hydrogens (tertiary/aromatic N) is 1. The molecule has 0 saturated heterocycles. The molecule has 1 aromatic heterocycles. The van der Waals surface area contributed by atoms with Gasteiger partial charge in [0.1, 0.15) is 0 Å². The molecule has 0 spiro atoms. The highest BCUT2D eigenvalue weighted by Gasteiger charge is 2.10. The Labute approximate surface area is 104 Å². The number of rotatable bonds is 5. The summed E-state index contributed by atoms with van der Waals surface area (Å²) in [5.74, 6) is -0.400. The molecule has 6 nitrogen and oxygen atoms in total. The van der Waals surface area contributed by atoms with E-state index >= 15 is 0 Å². The molecule has 1 aromatic carbocycles. The van der Waals surface area contributed by atoms with Gasteiger partial charge in [-0.05, 0) is 18.6 Å². The van der Waals surface area contributed by atoms with Gasteiger partial charge in [-0.15, -0.1) is 5.10 Å². The van der Waals surface area contributed by atoms with Crippen molar-refractivity contribution in [3.8, 4) is 0 Å². The molecule has 1 heterocycles. The number of aliphatic hydroxyl groups is 1. The molecule has 3 N–H and O–H groups in total. The maximum atomic E-state index is 10.7. The predicted molar refractivity (Wildman–Crippen MR) is 66.5 cm³/mol. The van der Waals surface area contributed by atoms with E-state index in [0.29, 0.717) is 6.54 Å². The van der Waals surface area contributed by atoms with Crippen molar-refractivity contribution in [2.45, 2.75) is 19.4 Å². The molecule has 2 aromatic rings. The molecule has 0 aliphatic heterocycles. The molecule has 0 aliphatic carbocycles. The van der Waals surface area contributed by atoms with Crippen LogP contribution in [0, 0.1) is 6.92 Å². The van der Waals surface area contributed by atoms with Gasteiger partial charge in [0.25, 0.3) is 0 Å². The summed E-state index contributed by atoms with van der Waals surface area (Å²) >= 11 is 0. The average molecular weight is 249 g/mol. The Bertz CT molecular complexity index is 561. The van der Waals surface area contributed by atoms with E-state index in [0.717, 1.165) is 11.3 Å². The van der Waals surface area contributed by atoms with Crippen molar-refractivity contribution in [3.05, 3.63) is 46.3 Å². The van der Waals surface area contributed by atoms with Crippen molar-refractivity contribution >= 4 is 5.69 Å². The number of aromatic amines is 1. The third kappa shape index (κ3) is 3.21. The average Bonchev–Trinajstić information content (AvgIpc) is 2.74. The molecule has 2 rings (SSSR count). The number of aliphatic hydroxyl groups excluding tert-OH is 1. The van der Waals surface area contributed by atoms with E-state index in [2.05, 4.69) is 15.5 Å². The number of anilines is 1. The number of hydrogen-bond acceptors (Lipinski definition) is 5. The van der Waals surface area contributed by atoms with Crippen LogP contribution < -0.4 is 11.1 Å². The van der Waals surface area contributed by atoms with E-state index in [-0.39, 0.29) is 12.3 Å². The number of nitrogens with one attached hydrogen (secondary N) is 2. The first-order valence-corrected chi connectivity index (χ1v) is 5.67. The van der Waals surface area contributed by atoms with Crippen molar-refractivity contribution in [1.82, 2.24) is 10.2 Å². The lowest BCUT2D eigenvalue weighted by atomic mass is 10.2. The van der Waals surface area contributed by atoms with Crippen molar-refractivity contribution in [1.29, 1.82) is 0 Å². The summed E-state index contributed by atoms with van der Waals surface area (Å²) in [7, 11) is 0. The molecule has 6 heteroatoms. The molecular formula is C12H15N3O3. The Balaban J connectivity index is 1.87. The van der Waals surface area contributed by atoms with Crippen LogP contribution in [0.2, 0.25) is 0 Å². The van der Waals surface area contributed by atoms with Crippen molar-refractivity contribution < 1.29 is 9.52 Å². The van der Waals surface area contributed by atoms with E-state index in [9.17, 15) is 9.90 Å². The lowest BCUT2D eigenvalue weighted by Crippen LogP contribution is -2.22. The number of aryl methyl sites for hydroxylation is 1. The number of para-hydroxylation sites is 1. The van der Waals surface area contributed by atoms with Gasteiger partial charge in [0.05, 0.1) is 12.5 Å². The minimum atomic E-state index is -0.670. The lowest BCUT2D eigenvalue weighted by Gasteiger charge is -2.12. The van der Waals surface area contributed by atoms with Gasteiger partial charge in [-0.25, -0.2) is 9.89 Å². The van der Waals surface area contributed by atoms with Gasteiger partial charge < -0.3 is 14.8 Å². The summed E-state index contributed by atoms with van der Waals surface area (Å²) in [5.41, 5.74) is 2.08. The predicted octanol–water partition coefficient (Wildman–Crippen LogP) is 0.687. The molecule has 1 atom stereocenters. The van der Waals surface area contributed by atoms with Crippen LogP contribution in [-0.4, -0.2) is 28.0 Å². The Kier molecular flexibility index (Phi) is 3.78. The third-order valence-electron chi connectivity index (χ3n) is 2.57. The van der Waals surface area contributed by atoms with Crippen LogP contribution in [0.15, 0.2) is 33.5 Å². The maximum Gasteiger partial charge on any atom is 0.434 e. The molecule has 0 aliphatic rings. The molecule has 0 amide bonds. The van der Waals surface area contributed by atoms with Crippen LogP contribution in [0.4, 0.5) is 5.69 Å². The van der Waals surface area contributed by atoms with E-state index in [1.807, 2.05) is 31.2 Å². The maximum absolute atomic E-state index is 10.7. The number of H-pyrrole nitrogens is 1. The summed E-state index contributed by atoms with van der Waals surface area (Å²) in [6.45, 7) is 2.35. The van der Waals surface area contributed by atoms with E-state index in [4.69, 9.17) is 4.42 Å². The van der Waals surface area contributed by atoms with Gasteiger partial charge in [-0.3, -0.25) is 0 Å². The second kappa shape index (κ2) is 5.50. The molecule has 0 fully saturated rings. The zero-order valence-electron chi connectivity index (χ0n) is 10.0. The van der Waals surface area contributed by atoms with Crippen molar-refractivity contribution in [2.75, 3.05) is 11.9 Å². The molecule has 1 unspecified atom stereocenters. The molecule has 18 heavy (non-hydrogen) atoms. The monoisotopic (exact) mass is 249 g/mol. The fourth-order valence-corrected chi connectivity index (χ4v) is 1.62. The SMILES string of the molecule is Cc1ccccc1NCC(O)Cc1n[nH]c(=O)o1. The van der Waals surface area contributed by atoms with Gasteiger partial charge in [-0.1, -0.05) is 18.2 Å². The largest absolute Gasteiger partial charge is 0.434 e. The number of benzene rings is 1. The summed E-state index contributed by atoms with van der Waals surface area (Å²) in [4.78, 5) is 10.7. The highest BCUT2D eigenvalue weighted by atomic mass is 16.4. The van der Waals surface area contributed by atoms with E-state index in [1.165, 1.54) is 0 Å². The fourth-order valence-electron chi connectivity index (χ4n) is 1.62. The van der Waals surface area contributed by atoms with Gasteiger partial charge in [0.2, 0.25) is 5.89 Å². The van der Waals surface area contributed by atoms with Crippen LogP contribution in [0.25, 0.3) is 0 Å². The Morgan fingerprint density at radius 2 is 2.28 bits per heavy atom. The van der Waals surface area contributed by atoms with Crippen molar-refractivity contribution in [3.63, 3.8) is 0 Å². The van der Waals surface area contributed by atoms with Gasteiger partial charge in [0.15, 0.2) is 0 Å². The Hall–Kier alpha value is -2.08. The highest BCUT2D eigenvalue weighted by molar-refractivity contribution is 5.50. The normalized spacial score (nSPS) is 12.3. The van der Waals surface area contributed by atoms with E-state index in [1.54, 1.807) is 0 Å². The third-order valence-corrected chi connectivity index (χ3v) is 2.57. The van der Waals surface area contributed by atoms with Gasteiger partial charge in [-0.2, -0.15) is 0 Å². The second-order valence-electron chi connectivity index (χ2n) is 4.06. The Morgan fingerprint density at radius 1 is 1.50 bits per heavy atom. The summed E-state index contributed by atoms with van der Waals surface area (Å²) in [6.07, 6.45) is -0.478. The van der Waals surface area contributed by atoms with Gasteiger partial charge >= 0.3 is 5.76 Å². The fraction of sp³-hybridized carbons (Fsp3) is 0.333. The molecule has 0 saturated carbocycles. The summed E-state index contributed by atoms with van der Waals surface area (Å²) in [5, 5.41) is 18.7. The minimum Gasteiger partial charge on any atom is -0.392 e. The van der Waals surface area contributed by atoms with Crippen LogP contribution in [0.1, 0.15) is 11.5 Å². The smallest absolute Gasteiger partial charge is 0.392 e. The van der Waals surface area contributed by atoms with Crippen LogP contribution in [0.3, 0.4) is 0 Å². The first-order chi connectivity index (χ1) is 8.65. The summed E-state index contributed by atoms with van der Waals surface area (Å²) < 4.78 is 4.72. The Morgan fingerprint density at radius 3 is 2.94 bits per heavy atom. The van der Waals surface area contributed by atoms with Crippen LogP contribution >= 0.6 is 0 Å². The van der Waals surface area contributed by atoms with Gasteiger partial charge in [0, 0.05) is 12.2 Å². The zero-order valence-corrected chi connectivity index (χ0v) is 10.0. The topological polar surface area (TPSA) is 91.1 Å². The zero-order chi connectivity index (χ0) is 13.0. The van der Waals surface area contributed by atoms with Crippen molar-refractivity contribution in [2.24, 2.45) is 0 Å². The standard InChI is InChI=1S/C12H15N3O3/c1-8-4-2-3-5-10(8)13-7-9(16)6-11-14-15-12(17)18-11/h2-5,9,13,16H,6-7H2,1H3,(H,15,17). The molecule has 0 bridgehead atoms. The quantitative estimate of drug-likeness (QED) is 0.725. The van der Waals surface area contributed by atoms with Crippen LogP contribution in [0.5, 0.6) is 0 Å². The summed E-state index contributed by atoms with van der Waals surface area (Å²) in [6, 6.07) is 7.81. The first-order valence-electron chi connectivity index (χ1n) is 5.67. The van der Waals surface area contributed by atoms with Crippen LogP contribution in [-0.2, 0) is 6.42 Å². The number of hydrogen-bond donors (Lipinski definition) is 3. The first kappa shape index (κ1) is 12.4. The second-order valence-corrected chi connectivity index (χ2v) is 4.06. The molecule has 96 valence electrons. The molecule has 0 radical (unpaired) electrons. The molecular weight excluding hydrogens is 234 g/mol.